The Bertz CT molecular complexity index is 528. The second-order valence-corrected chi connectivity index (χ2v) is 7.46. The Labute approximate surface area is 120 Å². The molecule has 0 amide bonds. The van der Waals surface area contributed by atoms with Gasteiger partial charge in [-0.05, 0) is 30.9 Å². The number of nitrogens with one attached hydrogen (secondary N) is 1. The summed E-state index contributed by atoms with van der Waals surface area (Å²) >= 11 is 0. The fourth-order valence-corrected chi connectivity index (χ4v) is 4.48. The molecule has 1 aliphatic heterocycles. The van der Waals surface area contributed by atoms with Crippen LogP contribution in [-0.2, 0) is 9.84 Å². The van der Waals surface area contributed by atoms with Crippen molar-refractivity contribution in [2.75, 3.05) is 25.2 Å². The monoisotopic (exact) mass is 298 g/mol. The largest absolute Gasteiger partial charge is 0.481 e. The molecule has 0 radical (unpaired) electrons. The average molecular weight is 298 g/mol. The van der Waals surface area contributed by atoms with Gasteiger partial charge in [-0.25, -0.2) is 13.4 Å². The lowest BCUT2D eigenvalue weighted by Crippen LogP contribution is -2.30. The van der Waals surface area contributed by atoms with Gasteiger partial charge in [0.15, 0.2) is 9.84 Å². The van der Waals surface area contributed by atoms with Crippen molar-refractivity contribution in [2.45, 2.75) is 25.8 Å². The van der Waals surface area contributed by atoms with Crippen LogP contribution in [0.1, 0.15) is 31.4 Å². The van der Waals surface area contributed by atoms with E-state index in [4.69, 9.17) is 4.74 Å². The smallest absolute Gasteiger partial charge is 0.212 e. The normalized spacial score (nSPS) is 22.6. The molecular formula is C14H22N2O3S. The van der Waals surface area contributed by atoms with Gasteiger partial charge in [0.2, 0.25) is 5.88 Å². The van der Waals surface area contributed by atoms with Crippen LogP contribution in [0.15, 0.2) is 18.3 Å². The molecule has 0 spiro atoms. The molecule has 1 aromatic rings. The Balaban J connectivity index is 2.18. The molecule has 0 aliphatic carbocycles. The van der Waals surface area contributed by atoms with Crippen LogP contribution in [0.4, 0.5) is 0 Å². The Kier molecular flexibility index (Phi) is 4.99. The fourth-order valence-electron chi connectivity index (χ4n) is 2.64. The third-order valence-electron chi connectivity index (χ3n) is 3.68. The highest BCUT2D eigenvalue weighted by molar-refractivity contribution is 7.91. The van der Waals surface area contributed by atoms with Gasteiger partial charge in [0.1, 0.15) is 0 Å². The Hall–Kier alpha value is -1.14. The summed E-state index contributed by atoms with van der Waals surface area (Å²) in [5, 5.41) is 3.46. The van der Waals surface area contributed by atoms with Crippen molar-refractivity contribution in [3.05, 3.63) is 23.9 Å². The van der Waals surface area contributed by atoms with E-state index in [1.807, 2.05) is 12.1 Å². The minimum Gasteiger partial charge on any atom is -0.481 e. The molecule has 1 saturated heterocycles. The van der Waals surface area contributed by atoms with Crippen LogP contribution in [-0.4, -0.2) is 38.6 Å². The standard InChI is InChI=1S/C14H22N2O3S/c1-3-7-15-14(12-6-8-20(17,18)10-12)11-4-5-13(19-2)16-9-11/h4-5,9,12,14-15H,3,6-8,10H2,1-2H3. The zero-order chi connectivity index (χ0) is 14.6. The number of methoxy groups -OCH3 is 1. The van der Waals surface area contributed by atoms with Crippen molar-refractivity contribution in [1.82, 2.24) is 10.3 Å². The van der Waals surface area contributed by atoms with E-state index in [-0.39, 0.29) is 17.7 Å². The molecule has 1 aromatic heterocycles. The number of nitrogens with zero attached hydrogens (tertiary/aromatic N) is 1. The van der Waals surface area contributed by atoms with Crippen LogP contribution in [0, 0.1) is 5.92 Å². The lowest BCUT2D eigenvalue weighted by atomic mass is 9.93. The van der Waals surface area contributed by atoms with E-state index < -0.39 is 9.84 Å². The summed E-state index contributed by atoms with van der Waals surface area (Å²) in [7, 11) is -1.29. The Morgan fingerprint density at radius 2 is 2.30 bits per heavy atom. The van der Waals surface area contributed by atoms with Crippen molar-refractivity contribution in [3.8, 4) is 5.88 Å². The summed E-state index contributed by atoms with van der Waals surface area (Å²) in [5.41, 5.74) is 1.03. The first-order chi connectivity index (χ1) is 9.55. The molecule has 2 unspecified atom stereocenters. The number of hydrogen-bond acceptors (Lipinski definition) is 5. The van der Waals surface area contributed by atoms with Crippen molar-refractivity contribution in [2.24, 2.45) is 5.92 Å². The number of sulfone groups is 1. The third-order valence-corrected chi connectivity index (χ3v) is 5.47. The summed E-state index contributed by atoms with van der Waals surface area (Å²) < 4.78 is 28.4. The number of pyridine rings is 1. The van der Waals surface area contributed by atoms with Gasteiger partial charge < -0.3 is 10.1 Å². The predicted octanol–water partition coefficient (Wildman–Crippen LogP) is 1.57. The first-order valence-corrected chi connectivity index (χ1v) is 8.81. The number of aromatic nitrogens is 1. The second-order valence-electron chi connectivity index (χ2n) is 5.23. The Morgan fingerprint density at radius 1 is 1.50 bits per heavy atom. The van der Waals surface area contributed by atoms with Gasteiger partial charge in [0.25, 0.3) is 0 Å². The first kappa shape index (κ1) is 15.3. The number of ether oxygens (including phenoxy) is 1. The lowest BCUT2D eigenvalue weighted by molar-refractivity contribution is 0.383. The molecule has 1 N–H and O–H groups in total. The SMILES string of the molecule is CCCNC(c1ccc(OC)nc1)C1CCS(=O)(=O)C1. The van der Waals surface area contributed by atoms with Crippen LogP contribution in [0.5, 0.6) is 5.88 Å². The summed E-state index contributed by atoms with van der Waals surface area (Å²) in [5.74, 6) is 1.26. The third kappa shape index (κ3) is 3.70. The van der Waals surface area contributed by atoms with Crippen LogP contribution in [0.3, 0.4) is 0 Å². The predicted molar refractivity (Wildman–Crippen MR) is 78.6 cm³/mol. The molecule has 0 bridgehead atoms. The van der Waals surface area contributed by atoms with E-state index in [2.05, 4.69) is 17.2 Å². The van der Waals surface area contributed by atoms with Gasteiger partial charge in [-0.15, -0.1) is 0 Å². The number of rotatable bonds is 6. The fraction of sp³-hybridized carbons (Fsp3) is 0.643. The van der Waals surface area contributed by atoms with E-state index in [1.165, 1.54) is 0 Å². The summed E-state index contributed by atoms with van der Waals surface area (Å²) in [6.07, 6.45) is 3.51. The van der Waals surface area contributed by atoms with Gasteiger partial charge >= 0.3 is 0 Å². The minimum atomic E-state index is -2.87. The molecule has 2 heterocycles. The average Bonchev–Trinajstić information content (AvgIpc) is 2.80. The van der Waals surface area contributed by atoms with Gasteiger partial charge in [-0.1, -0.05) is 13.0 Å². The van der Waals surface area contributed by atoms with E-state index in [0.29, 0.717) is 11.6 Å². The summed E-state index contributed by atoms with van der Waals surface area (Å²) in [6, 6.07) is 3.83. The van der Waals surface area contributed by atoms with Gasteiger partial charge in [-0.2, -0.15) is 0 Å². The second kappa shape index (κ2) is 6.54. The highest BCUT2D eigenvalue weighted by Gasteiger charge is 2.34. The lowest BCUT2D eigenvalue weighted by Gasteiger charge is -2.24. The zero-order valence-corrected chi connectivity index (χ0v) is 12.8. The van der Waals surface area contributed by atoms with Crippen molar-refractivity contribution < 1.29 is 13.2 Å². The maximum absolute atomic E-state index is 11.7. The molecule has 5 nitrogen and oxygen atoms in total. The van der Waals surface area contributed by atoms with Crippen LogP contribution >= 0.6 is 0 Å². The molecule has 0 aromatic carbocycles. The first-order valence-electron chi connectivity index (χ1n) is 6.99. The minimum absolute atomic E-state index is 0.0469. The molecule has 20 heavy (non-hydrogen) atoms. The van der Waals surface area contributed by atoms with Crippen LogP contribution in [0.25, 0.3) is 0 Å². The molecule has 1 aliphatic rings. The van der Waals surface area contributed by atoms with E-state index >= 15 is 0 Å². The van der Waals surface area contributed by atoms with Crippen molar-refractivity contribution in [3.63, 3.8) is 0 Å². The molecule has 2 rings (SSSR count). The van der Waals surface area contributed by atoms with Gasteiger partial charge in [0, 0.05) is 18.3 Å². The van der Waals surface area contributed by atoms with Crippen molar-refractivity contribution >= 4 is 9.84 Å². The molecule has 0 saturated carbocycles. The van der Waals surface area contributed by atoms with Gasteiger partial charge in [-0.3, -0.25) is 0 Å². The van der Waals surface area contributed by atoms with E-state index in [0.717, 1.165) is 24.9 Å². The molecular weight excluding hydrogens is 276 g/mol. The van der Waals surface area contributed by atoms with E-state index in [1.54, 1.807) is 13.3 Å². The van der Waals surface area contributed by atoms with E-state index in [9.17, 15) is 8.42 Å². The maximum Gasteiger partial charge on any atom is 0.212 e. The summed E-state index contributed by atoms with van der Waals surface area (Å²) in [6.45, 7) is 2.97. The quantitative estimate of drug-likeness (QED) is 0.863. The van der Waals surface area contributed by atoms with Crippen LogP contribution < -0.4 is 10.1 Å². The summed E-state index contributed by atoms with van der Waals surface area (Å²) in [4.78, 5) is 4.22. The molecule has 6 heteroatoms. The molecule has 2 atom stereocenters. The Morgan fingerprint density at radius 3 is 2.80 bits per heavy atom. The highest BCUT2D eigenvalue weighted by Crippen LogP contribution is 2.31. The number of hydrogen-bond donors (Lipinski definition) is 1. The van der Waals surface area contributed by atoms with Gasteiger partial charge in [0.05, 0.1) is 18.6 Å². The zero-order valence-electron chi connectivity index (χ0n) is 12.0. The molecule has 1 fully saturated rings. The molecule has 112 valence electrons. The van der Waals surface area contributed by atoms with Crippen molar-refractivity contribution in [1.29, 1.82) is 0 Å². The highest BCUT2D eigenvalue weighted by atomic mass is 32.2. The maximum atomic E-state index is 11.7. The topological polar surface area (TPSA) is 68.3 Å². The van der Waals surface area contributed by atoms with Crippen LogP contribution in [0.2, 0.25) is 0 Å².